The maximum atomic E-state index is 6.07. The van der Waals surface area contributed by atoms with Crippen LogP contribution in [0.2, 0.25) is 5.02 Å². The molecule has 0 amide bonds. The van der Waals surface area contributed by atoms with Crippen LogP contribution in [0, 0.1) is 0 Å². The highest BCUT2D eigenvalue weighted by molar-refractivity contribution is 6.33. The number of rotatable bonds is 3. The first-order chi connectivity index (χ1) is 9.29. The zero-order valence-corrected chi connectivity index (χ0v) is 11.2. The zero-order valence-electron chi connectivity index (χ0n) is 10.4. The predicted molar refractivity (Wildman–Crippen MR) is 73.0 cm³/mol. The third-order valence-corrected chi connectivity index (χ3v) is 3.12. The van der Waals surface area contributed by atoms with Crippen molar-refractivity contribution in [2.24, 2.45) is 0 Å². The summed E-state index contributed by atoms with van der Waals surface area (Å²) in [6.07, 6.45) is 7.33. The van der Waals surface area contributed by atoms with Crippen molar-refractivity contribution in [3.05, 3.63) is 41.6 Å². The molecule has 3 rings (SSSR count). The zero-order chi connectivity index (χ0) is 13.2. The number of pyridine rings is 1. The molecule has 0 aliphatic heterocycles. The van der Waals surface area contributed by atoms with E-state index in [1.807, 2.05) is 16.7 Å². The van der Waals surface area contributed by atoms with E-state index in [2.05, 4.69) is 27.1 Å². The molecule has 96 valence electrons. The second-order valence-corrected chi connectivity index (χ2v) is 4.62. The van der Waals surface area contributed by atoms with Crippen LogP contribution in [0.15, 0.2) is 30.7 Å². The second kappa shape index (κ2) is 4.93. The number of fused-ring (bicyclic) bond motifs is 1. The molecule has 6 heteroatoms. The summed E-state index contributed by atoms with van der Waals surface area (Å²) in [5.41, 5.74) is 1.46. The monoisotopic (exact) mass is 273 g/mol. The molecule has 19 heavy (non-hydrogen) atoms. The minimum atomic E-state index is 0.574. The number of hydrogen-bond acceptors (Lipinski definition) is 4. The summed E-state index contributed by atoms with van der Waals surface area (Å²) in [7, 11) is 0. The fourth-order valence-electron chi connectivity index (χ4n) is 1.90. The molecule has 0 saturated carbocycles. The Morgan fingerprint density at radius 3 is 2.74 bits per heavy atom. The van der Waals surface area contributed by atoms with Crippen molar-refractivity contribution in [3.8, 4) is 11.4 Å². The molecule has 3 heterocycles. The van der Waals surface area contributed by atoms with Crippen molar-refractivity contribution in [1.29, 1.82) is 0 Å². The first-order valence-electron chi connectivity index (χ1n) is 6.10. The molecular weight excluding hydrogens is 262 g/mol. The van der Waals surface area contributed by atoms with Gasteiger partial charge in [-0.25, -0.2) is 9.97 Å². The van der Waals surface area contributed by atoms with Gasteiger partial charge in [0.2, 0.25) is 0 Å². The standard InChI is InChI=1S/C13H12ClN5/c1-2-4-11-15-7-9(8-16-11)12-17-18-13-10(14)5-3-6-19(12)13/h3,5-8H,2,4H2,1H3. The number of hydrogen-bond donors (Lipinski definition) is 0. The Bertz CT molecular complexity index is 705. The van der Waals surface area contributed by atoms with Crippen LogP contribution in [0.5, 0.6) is 0 Å². The largest absolute Gasteiger partial charge is 0.281 e. The number of halogens is 1. The summed E-state index contributed by atoms with van der Waals surface area (Å²) in [4.78, 5) is 8.66. The van der Waals surface area contributed by atoms with E-state index in [-0.39, 0.29) is 0 Å². The minimum Gasteiger partial charge on any atom is -0.281 e. The maximum Gasteiger partial charge on any atom is 0.179 e. The van der Waals surface area contributed by atoms with E-state index in [4.69, 9.17) is 11.6 Å². The lowest BCUT2D eigenvalue weighted by atomic mass is 10.3. The Hall–Kier alpha value is -2.01. The van der Waals surface area contributed by atoms with Crippen LogP contribution in [0.4, 0.5) is 0 Å². The molecule has 0 bridgehead atoms. The molecule has 0 unspecified atom stereocenters. The third-order valence-electron chi connectivity index (χ3n) is 2.82. The molecule has 0 spiro atoms. The average molecular weight is 274 g/mol. The van der Waals surface area contributed by atoms with Crippen molar-refractivity contribution in [3.63, 3.8) is 0 Å². The van der Waals surface area contributed by atoms with Gasteiger partial charge in [0.1, 0.15) is 5.82 Å². The number of aromatic nitrogens is 5. The molecule has 0 radical (unpaired) electrons. The van der Waals surface area contributed by atoms with Crippen molar-refractivity contribution in [1.82, 2.24) is 24.6 Å². The van der Waals surface area contributed by atoms with E-state index < -0.39 is 0 Å². The van der Waals surface area contributed by atoms with Crippen molar-refractivity contribution in [2.75, 3.05) is 0 Å². The molecular formula is C13H12ClN5. The van der Waals surface area contributed by atoms with E-state index in [1.165, 1.54) is 0 Å². The Morgan fingerprint density at radius 1 is 1.21 bits per heavy atom. The smallest absolute Gasteiger partial charge is 0.179 e. The first-order valence-corrected chi connectivity index (χ1v) is 6.48. The molecule has 0 aliphatic carbocycles. The molecule has 3 aromatic heterocycles. The summed E-state index contributed by atoms with van der Waals surface area (Å²) in [5.74, 6) is 1.54. The van der Waals surface area contributed by atoms with Crippen LogP contribution >= 0.6 is 11.6 Å². The normalized spacial score (nSPS) is 11.1. The van der Waals surface area contributed by atoms with E-state index >= 15 is 0 Å². The quantitative estimate of drug-likeness (QED) is 0.736. The minimum absolute atomic E-state index is 0.574. The lowest BCUT2D eigenvalue weighted by molar-refractivity contribution is 0.834. The molecule has 0 fully saturated rings. The SMILES string of the molecule is CCCc1ncc(-c2nnc3c(Cl)cccn23)cn1. The predicted octanol–water partition coefficient (Wildman–Crippen LogP) is 2.79. The summed E-state index contributed by atoms with van der Waals surface area (Å²) < 4.78 is 1.83. The van der Waals surface area contributed by atoms with Crippen LogP contribution in [-0.4, -0.2) is 24.6 Å². The Labute approximate surface area is 115 Å². The summed E-state index contributed by atoms with van der Waals surface area (Å²) in [5, 5.41) is 8.80. The van der Waals surface area contributed by atoms with Crippen molar-refractivity contribution < 1.29 is 0 Å². The summed E-state index contributed by atoms with van der Waals surface area (Å²) in [6, 6.07) is 3.64. The fourth-order valence-corrected chi connectivity index (χ4v) is 2.10. The maximum absolute atomic E-state index is 6.07. The highest BCUT2D eigenvalue weighted by Gasteiger charge is 2.10. The van der Waals surface area contributed by atoms with Gasteiger partial charge in [0.25, 0.3) is 0 Å². The number of aryl methyl sites for hydroxylation is 1. The Kier molecular flexibility index (Phi) is 3.13. The molecule has 0 atom stereocenters. The van der Waals surface area contributed by atoms with Crippen molar-refractivity contribution in [2.45, 2.75) is 19.8 Å². The van der Waals surface area contributed by atoms with E-state index in [0.29, 0.717) is 16.5 Å². The van der Waals surface area contributed by atoms with E-state index in [1.54, 1.807) is 18.5 Å². The first kappa shape index (κ1) is 12.0. The molecule has 5 nitrogen and oxygen atoms in total. The number of nitrogens with zero attached hydrogens (tertiary/aromatic N) is 5. The van der Waals surface area contributed by atoms with Gasteiger partial charge in [0, 0.05) is 25.0 Å². The summed E-state index contributed by atoms with van der Waals surface area (Å²) in [6.45, 7) is 2.10. The van der Waals surface area contributed by atoms with Gasteiger partial charge in [-0.3, -0.25) is 4.40 Å². The second-order valence-electron chi connectivity index (χ2n) is 4.21. The highest BCUT2D eigenvalue weighted by Crippen LogP contribution is 2.21. The molecule has 0 saturated heterocycles. The molecule has 3 aromatic rings. The van der Waals surface area contributed by atoms with Crippen LogP contribution in [-0.2, 0) is 6.42 Å². The van der Waals surface area contributed by atoms with E-state index in [0.717, 1.165) is 24.2 Å². The Balaban J connectivity index is 2.06. The average Bonchev–Trinajstić information content (AvgIpc) is 2.85. The lowest BCUT2D eigenvalue weighted by Gasteiger charge is -2.01. The highest BCUT2D eigenvalue weighted by atomic mass is 35.5. The van der Waals surface area contributed by atoms with Gasteiger partial charge in [-0.15, -0.1) is 10.2 Å². The molecule has 0 aromatic carbocycles. The van der Waals surface area contributed by atoms with Gasteiger partial charge in [0.05, 0.1) is 10.6 Å². The topological polar surface area (TPSA) is 56.0 Å². The van der Waals surface area contributed by atoms with Crippen LogP contribution in [0.25, 0.3) is 17.0 Å². The van der Waals surface area contributed by atoms with Gasteiger partial charge in [-0.2, -0.15) is 0 Å². The fraction of sp³-hybridized carbons (Fsp3) is 0.231. The van der Waals surface area contributed by atoms with E-state index in [9.17, 15) is 0 Å². The molecule has 0 N–H and O–H groups in total. The van der Waals surface area contributed by atoms with Crippen LogP contribution in [0.3, 0.4) is 0 Å². The third kappa shape index (κ3) is 2.17. The van der Waals surface area contributed by atoms with Crippen LogP contribution < -0.4 is 0 Å². The summed E-state index contributed by atoms with van der Waals surface area (Å²) >= 11 is 6.07. The van der Waals surface area contributed by atoms with Gasteiger partial charge in [-0.1, -0.05) is 18.5 Å². The molecule has 0 aliphatic rings. The Morgan fingerprint density at radius 2 is 2.00 bits per heavy atom. The van der Waals surface area contributed by atoms with Gasteiger partial charge < -0.3 is 0 Å². The van der Waals surface area contributed by atoms with Crippen molar-refractivity contribution >= 4 is 17.2 Å². The lowest BCUT2D eigenvalue weighted by Crippen LogP contribution is -1.96. The van der Waals surface area contributed by atoms with Gasteiger partial charge >= 0.3 is 0 Å². The van der Waals surface area contributed by atoms with Gasteiger partial charge in [0.15, 0.2) is 11.5 Å². The van der Waals surface area contributed by atoms with Gasteiger partial charge in [-0.05, 0) is 18.6 Å². The van der Waals surface area contributed by atoms with Crippen LogP contribution in [0.1, 0.15) is 19.2 Å².